The summed E-state index contributed by atoms with van der Waals surface area (Å²) >= 11 is 0. The predicted octanol–water partition coefficient (Wildman–Crippen LogP) is 4.69. The SMILES string of the molecule is C=C(CC(=O)OCC)P1(=O)N(c2ccc(OC)cc2)CCN1c1ccc(OC)cc1. The number of hydrogen-bond acceptors (Lipinski definition) is 5. The van der Waals surface area contributed by atoms with Crippen LogP contribution in [0.25, 0.3) is 0 Å². The topological polar surface area (TPSA) is 68.3 Å². The lowest BCUT2D eigenvalue weighted by atomic mass is 10.3. The van der Waals surface area contributed by atoms with Gasteiger partial charge in [0, 0.05) is 29.8 Å². The van der Waals surface area contributed by atoms with Crippen LogP contribution in [-0.2, 0) is 14.1 Å². The molecule has 0 unspecified atom stereocenters. The van der Waals surface area contributed by atoms with Gasteiger partial charge in [-0.05, 0) is 55.5 Å². The fourth-order valence-electron chi connectivity index (χ4n) is 3.49. The molecule has 0 radical (unpaired) electrons. The first-order chi connectivity index (χ1) is 14.4. The van der Waals surface area contributed by atoms with Crippen LogP contribution in [0.3, 0.4) is 0 Å². The van der Waals surface area contributed by atoms with E-state index < -0.39 is 13.4 Å². The third-order valence-electron chi connectivity index (χ3n) is 4.98. The molecule has 0 bridgehead atoms. The molecule has 8 heteroatoms. The molecule has 2 aromatic carbocycles. The van der Waals surface area contributed by atoms with Crippen molar-refractivity contribution < 1.29 is 23.6 Å². The zero-order valence-electron chi connectivity index (χ0n) is 17.5. The number of carbonyl (C=O) groups is 1. The van der Waals surface area contributed by atoms with Crippen LogP contribution in [0.2, 0.25) is 0 Å². The average molecular weight is 430 g/mol. The Hall–Kier alpha value is -2.92. The van der Waals surface area contributed by atoms with Crippen LogP contribution in [0.4, 0.5) is 11.4 Å². The van der Waals surface area contributed by atoms with Crippen molar-refractivity contribution in [2.75, 3.05) is 43.3 Å². The van der Waals surface area contributed by atoms with Crippen LogP contribution in [0.15, 0.2) is 60.4 Å². The van der Waals surface area contributed by atoms with Crippen molar-refractivity contribution >= 4 is 24.8 Å². The number of hydrogen-bond donors (Lipinski definition) is 0. The molecule has 0 N–H and O–H groups in total. The second-order valence-electron chi connectivity index (χ2n) is 6.73. The first kappa shape index (κ1) is 21.8. The van der Waals surface area contributed by atoms with E-state index in [-0.39, 0.29) is 13.0 Å². The summed E-state index contributed by atoms with van der Waals surface area (Å²) in [7, 11) is -0.161. The first-order valence-electron chi connectivity index (χ1n) is 9.72. The van der Waals surface area contributed by atoms with Gasteiger partial charge in [-0.15, -0.1) is 0 Å². The zero-order valence-corrected chi connectivity index (χ0v) is 18.4. The minimum Gasteiger partial charge on any atom is -0.497 e. The van der Waals surface area contributed by atoms with Crippen molar-refractivity contribution in [2.45, 2.75) is 13.3 Å². The second-order valence-corrected chi connectivity index (χ2v) is 9.42. The Morgan fingerprint density at radius 3 is 1.73 bits per heavy atom. The maximum Gasteiger partial charge on any atom is 0.310 e. The highest BCUT2D eigenvalue weighted by Crippen LogP contribution is 2.66. The van der Waals surface area contributed by atoms with Gasteiger partial charge in [-0.3, -0.25) is 9.36 Å². The monoisotopic (exact) mass is 430 g/mol. The molecule has 0 spiro atoms. The van der Waals surface area contributed by atoms with Crippen molar-refractivity contribution in [2.24, 2.45) is 0 Å². The van der Waals surface area contributed by atoms with E-state index in [0.29, 0.717) is 29.9 Å². The summed E-state index contributed by atoms with van der Waals surface area (Å²) < 4.78 is 33.7. The highest BCUT2D eigenvalue weighted by Gasteiger charge is 2.46. The Labute approximate surface area is 177 Å². The van der Waals surface area contributed by atoms with Crippen molar-refractivity contribution in [1.29, 1.82) is 0 Å². The van der Waals surface area contributed by atoms with Crippen LogP contribution >= 0.6 is 7.44 Å². The molecule has 0 aromatic heterocycles. The lowest BCUT2D eigenvalue weighted by molar-refractivity contribution is -0.142. The number of rotatable bonds is 8. The van der Waals surface area contributed by atoms with Gasteiger partial charge in [0.2, 0.25) is 0 Å². The molecule has 1 aliphatic heterocycles. The number of ether oxygens (including phenoxy) is 3. The lowest BCUT2D eigenvalue weighted by Crippen LogP contribution is -2.21. The summed E-state index contributed by atoms with van der Waals surface area (Å²) in [5, 5.41) is 0.338. The van der Waals surface area contributed by atoms with E-state index in [0.717, 1.165) is 11.4 Å². The van der Waals surface area contributed by atoms with Gasteiger partial charge in [0.15, 0.2) is 0 Å². The summed E-state index contributed by atoms with van der Waals surface area (Å²) in [5.74, 6) is 0.990. The van der Waals surface area contributed by atoms with Gasteiger partial charge < -0.3 is 23.6 Å². The molecule has 1 aliphatic rings. The molecule has 2 aromatic rings. The maximum atomic E-state index is 14.5. The molecular formula is C22H27N2O5P. The Kier molecular flexibility index (Phi) is 6.73. The lowest BCUT2D eigenvalue weighted by Gasteiger charge is -2.33. The maximum absolute atomic E-state index is 14.5. The molecule has 160 valence electrons. The zero-order chi connectivity index (χ0) is 21.7. The largest absolute Gasteiger partial charge is 0.497 e. The van der Waals surface area contributed by atoms with Crippen LogP contribution in [-0.4, -0.2) is 39.9 Å². The standard InChI is InChI=1S/C22H27N2O5P/c1-5-29-22(25)16-17(2)30(26)23(18-6-10-20(27-3)11-7-18)14-15-24(30)19-8-12-21(28-4)13-9-19/h6-13H,2,5,14-16H2,1,3-4H3. The predicted molar refractivity (Wildman–Crippen MR) is 119 cm³/mol. The number of benzene rings is 2. The number of methoxy groups -OCH3 is 2. The van der Waals surface area contributed by atoms with E-state index in [4.69, 9.17) is 14.2 Å². The normalized spacial score (nSPS) is 15.0. The molecular weight excluding hydrogens is 403 g/mol. The number of esters is 1. The second kappa shape index (κ2) is 9.26. The third-order valence-corrected chi connectivity index (χ3v) is 8.14. The summed E-state index contributed by atoms with van der Waals surface area (Å²) in [4.78, 5) is 12.1. The van der Waals surface area contributed by atoms with Crippen LogP contribution in [0.5, 0.6) is 11.5 Å². The van der Waals surface area contributed by atoms with E-state index in [9.17, 15) is 9.36 Å². The summed E-state index contributed by atoms with van der Waals surface area (Å²) in [5.41, 5.74) is 1.56. The number of anilines is 2. The van der Waals surface area contributed by atoms with Crippen LogP contribution in [0, 0.1) is 0 Å². The smallest absolute Gasteiger partial charge is 0.310 e. The number of carbonyl (C=O) groups excluding carboxylic acids is 1. The Balaban J connectivity index is 2.00. The molecule has 1 fully saturated rings. The molecule has 0 atom stereocenters. The summed E-state index contributed by atoms with van der Waals surface area (Å²) in [6.07, 6.45) is -0.107. The Morgan fingerprint density at radius 2 is 1.37 bits per heavy atom. The minimum atomic E-state index is -3.36. The van der Waals surface area contributed by atoms with Crippen molar-refractivity contribution in [3.63, 3.8) is 0 Å². The van der Waals surface area contributed by atoms with Gasteiger partial charge >= 0.3 is 5.97 Å². The molecule has 1 saturated heterocycles. The van der Waals surface area contributed by atoms with E-state index in [1.807, 2.05) is 57.9 Å². The Morgan fingerprint density at radius 1 is 0.933 bits per heavy atom. The van der Waals surface area contributed by atoms with Gasteiger partial charge in [0.25, 0.3) is 7.44 Å². The highest BCUT2D eigenvalue weighted by atomic mass is 31.2. The molecule has 0 aliphatic carbocycles. The third kappa shape index (κ3) is 4.17. The quantitative estimate of drug-likeness (QED) is 0.445. The summed E-state index contributed by atoms with van der Waals surface area (Å²) in [6, 6.07) is 14.7. The Bertz CT molecular complexity index is 884. The van der Waals surface area contributed by atoms with Gasteiger partial charge in [-0.1, -0.05) is 6.58 Å². The summed E-state index contributed by atoms with van der Waals surface area (Å²) in [6.45, 7) is 7.11. The van der Waals surface area contributed by atoms with Crippen molar-refractivity contribution in [3.8, 4) is 11.5 Å². The molecule has 1 heterocycles. The van der Waals surface area contributed by atoms with Gasteiger partial charge in [-0.25, -0.2) is 0 Å². The fraction of sp³-hybridized carbons (Fsp3) is 0.318. The average Bonchev–Trinajstić information content (AvgIpc) is 3.12. The minimum absolute atomic E-state index is 0.107. The highest BCUT2D eigenvalue weighted by molar-refractivity contribution is 7.71. The molecule has 0 saturated carbocycles. The molecule has 7 nitrogen and oxygen atoms in total. The van der Waals surface area contributed by atoms with Gasteiger partial charge in [-0.2, -0.15) is 0 Å². The molecule has 0 amide bonds. The van der Waals surface area contributed by atoms with Crippen LogP contribution < -0.4 is 18.8 Å². The molecule has 30 heavy (non-hydrogen) atoms. The van der Waals surface area contributed by atoms with E-state index in [1.54, 1.807) is 21.1 Å². The van der Waals surface area contributed by atoms with E-state index >= 15 is 0 Å². The van der Waals surface area contributed by atoms with E-state index in [1.165, 1.54) is 0 Å². The first-order valence-corrected chi connectivity index (χ1v) is 11.3. The van der Waals surface area contributed by atoms with Crippen molar-refractivity contribution in [3.05, 3.63) is 60.4 Å². The van der Waals surface area contributed by atoms with Gasteiger partial charge in [0.05, 0.1) is 27.2 Å². The molecule has 3 rings (SSSR count). The number of nitrogens with zero attached hydrogens (tertiary/aromatic N) is 2. The fourth-order valence-corrected chi connectivity index (χ4v) is 6.39. The van der Waals surface area contributed by atoms with E-state index in [2.05, 4.69) is 6.58 Å². The van der Waals surface area contributed by atoms with Gasteiger partial charge in [0.1, 0.15) is 11.5 Å². The van der Waals surface area contributed by atoms with Crippen molar-refractivity contribution in [1.82, 2.24) is 0 Å². The van der Waals surface area contributed by atoms with Crippen LogP contribution in [0.1, 0.15) is 13.3 Å².